The number of carbonyl (C=O) groups excluding carboxylic acids is 1. The molecule has 0 radical (unpaired) electrons. The van der Waals surface area contributed by atoms with Crippen LogP contribution in [0.2, 0.25) is 10.0 Å². The number of carboxylic acid groups (broad SMARTS) is 1. The second kappa shape index (κ2) is 10.1. The Kier molecular flexibility index (Phi) is 6.94. The van der Waals surface area contributed by atoms with Crippen LogP contribution in [0.3, 0.4) is 0 Å². The normalized spacial score (nSPS) is 14.4. The summed E-state index contributed by atoms with van der Waals surface area (Å²) in [6.45, 7) is 3.04. The van der Waals surface area contributed by atoms with Crippen molar-refractivity contribution in [2.45, 2.75) is 9.92 Å². The van der Waals surface area contributed by atoms with Gasteiger partial charge in [-0.2, -0.15) is 5.10 Å². The van der Waals surface area contributed by atoms with Crippen LogP contribution in [0.5, 0.6) is 0 Å². The van der Waals surface area contributed by atoms with Crippen molar-refractivity contribution < 1.29 is 14.7 Å². The zero-order valence-corrected chi connectivity index (χ0v) is 21.6. The van der Waals surface area contributed by atoms with Gasteiger partial charge in [0.25, 0.3) is 5.91 Å². The van der Waals surface area contributed by atoms with Crippen molar-refractivity contribution in [2.24, 2.45) is 0 Å². The Balaban J connectivity index is 1.60. The number of nitrogens with zero attached hydrogens (tertiary/aromatic N) is 4. The van der Waals surface area contributed by atoms with Crippen LogP contribution in [0, 0.1) is 0 Å². The molecule has 36 heavy (non-hydrogen) atoms. The summed E-state index contributed by atoms with van der Waals surface area (Å²) in [7, 11) is 2.05. The number of hydrogen-bond donors (Lipinski definition) is 1. The minimum atomic E-state index is -0.997. The zero-order chi connectivity index (χ0) is 25.4. The van der Waals surface area contributed by atoms with E-state index in [4.69, 9.17) is 28.3 Å². The minimum absolute atomic E-state index is 0.0183. The third-order valence-corrected chi connectivity index (χ3v) is 8.15. The number of aromatic nitrogens is 2. The van der Waals surface area contributed by atoms with E-state index in [1.807, 2.05) is 23.1 Å². The predicted octanol–water partition coefficient (Wildman–Crippen LogP) is 5.57. The molecule has 4 aromatic rings. The Morgan fingerprint density at radius 2 is 1.56 bits per heavy atom. The number of carbonyl (C=O) groups is 2. The average molecular weight is 541 g/mol. The first-order chi connectivity index (χ1) is 17.3. The van der Waals surface area contributed by atoms with Gasteiger partial charge in [0.2, 0.25) is 0 Å². The quantitative estimate of drug-likeness (QED) is 0.356. The molecule has 10 heteroatoms. The molecule has 0 aliphatic carbocycles. The van der Waals surface area contributed by atoms with E-state index in [2.05, 4.69) is 11.9 Å². The minimum Gasteiger partial charge on any atom is -0.478 e. The Hall–Kier alpha value is -3.04. The summed E-state index contributed by atoms with van der Waals surface area (Å²) in [4.78, 5) is 29.3. The lowest BCUT2D eigenvalue weighted by atomic mass is 10.1. The fourth-order valence-electron chi connectivity index (χ4n) is 4.11. The van der Waals surface area contributed by atoms with Crippen molar-refractivity contribution in [2.75, 3.05) is 33.2 Å². The number of aromatic carboxylic acids is 1. The highest BCUT2D eigenvalue weighted by molar-refractivity contribution is 7.99. The van der Waals surface area contributed by atoms with Crippen molar-refractivity contribution in [1.29, 1.82) is 0 Å². The van der Waals surface area contributed by atoms with Crippen molar-refractivity contribution in [1.82, 2.24) is 19.6 Å². The molecule has 184 valence electrons. The number of hydrogen-bond acceptors (Lipinski definition) is 5. The first kappa shape index (κ1) is 24.6. The van der Waals surface area contributed by atoms with Gasteiger partial charge in [-0.1, -0.05) is 41.0 Å². The van der Waals surface area contributed by atoms with E-state index in [9.17, 15) is 14.7 Å². The Labute approximate surface area is 222 Å². The second-order valence-electron chi connectivity index (χ2n) is 8.55. The second-order valence-corrected chi connectivity index (χ2v) is 10.4. The summed E-state index contributed by atoms with van der Waals surface area (Å²) in [5, 5.41) is 16.5. The van der Waals surface area contributed by atoms with Gasteiger partial charge in [0.05, 0.1) is 31.7 Å². The molecule has 5 rings (SSSR count). The van der Waals surface area contributed by atoms with Gasteiger partial charge in [0, 0.05) is 37.1 Å². The van der Waals surface area contributed by atoms with Crippen LogP contribution in [0.15, 0.2) is 70.6 Å². The lowest BCUT2D eigenvalue weighted by Crippen LogP contribution is -2.47. The molecule has 1 aliphatic rings. The third kappa shape index (κ3) is 4.82. The number of fused-ring (bicyclic) bond motifs is 1. The molecule has 1 fully saturated rings. The maximum atomic E-state index is 13.3. The summed E-state index contributed by atoms with van der Waals surface area (Å²) >= 11 is 14.2. The Morgan fingerprint density at radius 3 is 2.19 bits per heavy atom. The van der Waals surface area contributed by atoms with Crippen LogP contribution in [-0.2, 0) is 0 Å². The lowest BCUT2D eigenvalue weighted by Gasteiger charge is -2.32. The van der Waals surface area contributed by atoms with Crippen LogP contribution in [0.4, 0.5) is 0 Å². The largest absolute Gasteiger partial charge is 0.478 e. The number of amides is 1. The van der Waals surface area contributed by atoms with E-state index in [-0.39, 0.29) is 11.5 Å². The van der Waals surface area contributed by atoms with Crippen LogP contribution in [0.25, 0.3) is 16.6 Å². The van der Waals surface area contributed by atoms with Gasteiger partial charge in [0.1, 0.15) is 5.03 Å². The summed E-state index contributed by atoms with van der Waals surface area (Å²) in [5.41, 5.74) is 2.24. The number of piperazine rings is 1. The maximum Gasteiger partial charge on any atom is 0.335 e. The number of likely N-dealkylation sites (N-methyl/N-ethyl adjacent to an activating group) is 1. The van der Waals surface area contributed by atoms with Gasteiger partial charge in [-0.3, -0.25) is 4.79 Å². The summed E-state index contributed by atoms with van der Waals surface area (Å²) in [6, 6.07) is 17.3. The summed E-state index contributed by atoms with van der Waals surface area (Å²) in [6.07, 6.45) is 0. The first-order valence-corrected chi connectivity index (χ1v) is 12.9. The fraction of sp³-hybridized carbons (Fsp3) is 0.192. The van der Waals surface area contributed by atoms with Crippen LogP contribution < -0.4 is 0 Å². The van der Waals surface area contributed by atoms with Crippen LogP contribution in [-0.4, -0.2) is 69.8 Å². The molecule has 7 nitrogen and oxygen atoms in total. The van der Waals surface area contributed by atoms with Gasteiger partial charge in [-0.15, -0.1) is 0 Å². The third-order valence-electron chi connectivity index (χ3n) is 6.16. The standard InChI is InChI=1S/C26H22Cl2N4O3S/c1-30-11-13-31(14-12-30)25(33)17-7-10-22-19(15-17)24(36-23-20(27)3-2-4-21(23)28)29-32(22)18-8-5-16(6-9-18)26(34)35/h2-10,15H,11-14H2,1H3,(H,34,35). The van der Waals surface area contributed by atoms with Crippen molar-refractivity contribution in [3.05, 3.63) is 81.8 Å². The van der Waals surface area contributed by atoms with Crippen LogP contribution >= 0.6 is 35.0 Å². The molecule has 1 aliphatic heterocycles. The average Bonchev–Trinajstić information content (AvgIpc) is 3.24. The molecule has 0 bridgehead atoms. The molecule has 0 spiro atoms. The molecular formula is C26H22Cl2N4O3S. The molecule has 1 amide bonds. The van der Waals surface area contributed by atoms with E-state index >= 15 is 0 Å². The van der Waals surface area contributed by atoms with Crippen molar-refractivity contribution >= 4 is 57.7 Å². The molecular weight excluding hydrogens is 519 g/mol. The van der Waals surface area contributed by atoms with E-state index in [1.54, 1.807) is 35.0 Å². The molecule has 1 aromatic heterocycles. The first-order valence-electron chi connectivity index (χ1n) is 11.3. The van der Waals surface area contributed by atoms with Gasteiger partial charge in [-0.25, -0.2) is 9.48 Å². The highest BCUT2D eigenvalue weighted by Gasteiger charge is 2.23. The van der Waals surface area contributed by atoms with Gasteiger partial charge >= 0.3 is 5.97 Å². The SMILES string of the molecule is CN1CCN(C(=O)c2ccc3c(c2)c(Sc2c(Cl)cccc2Cl)nn3-c2ccc(C(=O)O)cc2)CC1. The van der Waals surface area contributed by atoms with Gasteiger partial charge in [0.15, 0.2) is 0 Å². The molecule has 0 saturated carbocycles. The fourth-order valence-corrected chi connectivity index (χ4v) is 5.66. The molecule has 1 saturated heterocycles. The highest BCUT2D eigenvalue weighted by Crippen LogP contribution is 2.41. The van der Waals surface area contributed by atoms with E-state index < -0.39 is 5.97 Å². The topological polar surface area (TPSA) is 78.7 Å². The number of carboxylic acids is 1. The highest BCUT2D eigenvalue weighted by atomic mass is 35.5. The van der Waals surface area contributed by atoms with Crippen LogP contribution in [0.1, 0.15) is 20.7 Å². The molecule has 0 atom stereocenters. The van der Waals surface area contributed by atoms with E-state index in [0.29, 0.717) is 44.3 Å². The number of rotatable bonds is 5. The molecule has 3 aromatic carbocycles. The Bertz CT molecular complexity index is 1440. The molecule has 1 N–H and O–H groups in total. The predicted molar refractivity (Wildman–Crippen MR) is 142 cm³/mol. The Morgan fingerprint density at radius 1 is 0.917 bits per heavy atom. The van der Waals surface area contributed by atoms with Gasteiger partial charge in [-0.05, 0) is 61.6 Å². The zero-order valence-electron chi connectivity index (χ0n) is 19.3. The van der Waals surface area contributed by atoms with E-state index in [0.717, 1.165) is 24.0 Å². The maximum absolute atomic E-state index is 13.3. The van der Waals surface area contributed by atoms with Crippen molar-refractivity contribution in [3.8, 4) is 5.69 Å². The lowest BCUT2D eigenvalue weighted by molar-refractivity contribution is 0.0662. The van der Waals surface area contributed by atoms with E-state index in [1.165, 1.54) is 23.9 Å². The van der Waals surface area contributed by atoms with Crippen molar-refractivity contribution in [3.63, 3.8) is 0 Å². The molecule has 0 unspecified atom stereocenters. The summed E-state index contributed by atoms with van der Waals surface area (Å²) in [5.74, 6) is -1.01. The number of halogens is 2. The smallest absolute Gasteiger partial charge is 0.335 e. The van der Waals surface area contributed by atoms with Gasteiger partial charge < -0.3 is 14.9 Å². The summed E-state index contributed by atoms with van der Waals surface area (Å²) < 4.78 is 1.73. The number of benzene rings is 3. The molecule has 2 heterocycles. The monoisotopic (exact) mass is 540 g/mol.